The fourth-order valence-electron chi connectivity index (χ4n) is 2.44. The third kappa shape index (κ3) is 4.30. The average molecular weight is 360 g/mol. The van der Waals surface area contributed by atoms with Crippen molar-refractivity contribution in [2.24, 2.45) is 0 Å². The Morgan fingerprint density at radius 2 is 1.85 bits per heavy atom. The summed E-state index contributed by atoms with van der Waals surface area (Å²) >= 11 is 0. The smallest absolute Gasteiger partial charge is 0.416 e. The Kier molecular flexibility index (Phi) is 5.06. The van der Waals surface area contributed by atoms with E-state index in [1.807, 2.05) is 34.9 Å². The third-order valence-electron chi connectivity index (χ3n) is 3.76. The maximum Gasteiger partial charge on any atom is 0.416 e. The van der Waals surface area contributed by atoms with Crippen LogP contribution in [0.15, 0.2) is 67.0 Å². The number of nitrogens with zero attached hydrogens (tertiary/aromatic N) is 2. The number of ether oxygens (including phenoxy) is 1. The van der Waals surface area contributed by atoms with E-state index in [0.29, 0.717) is 12.4 Å². The summed E-state index contributed by atoms with van der Waals surface area (Å²) in [6.45, 7) is 0.423. The van der Waals surface area contributed by atoms with Gasteiger partial charge in [-0.2, -0.15) is 13.2 Å². The second-order valence-electron chi connectivity index (χ2n) is 5.61. The fourth-order valence-corrected chi connectivity index (χ4v) is 2.44. The van der Waals surface area contributed by atoms with E-state index in [1.54, 1.807) is 12.4 Å². The van der Waals surface area contributed by atoms with Crippen molar-refractivity contribution in [2.45, 2.75) is 19.3 Å². The molecule has 1 heterocycles. The summed E-state index contributed by atoms with van der Waals surface area (Å²) in [5, 5.41) is 0. The molecule has 0 atom stereocenters. The number of carbonyl (C=O) groups excluding carboxylic acids is 1. The van der Waals surface area contributed by atoms with Gasteiger partial charge in [0.1, 0.15) is 12.4 Å². The molecule has 0 aliphatic carbocycles. The molecule has 4 nitrogen and oxygen atoms in total. The summed E-state index contributed by atoms with van der Waals surface area (Å²) in [6, 6.07) is 13.8. The molecule has 26 heavy (non-hydrogen) atoms. The molecule has 0 aliphatic heterocycles. The van der Waals surface area contributed by atoms with Crippen molar-refractivity contribution in [3.63, 3.8) is 0 Å². The Morgan fingerprint density at radius 1 is 1.08 bits per heavy atom. The third-order valence-corrected chi connectivity index (χ3v) is 3.76. The highest BCUT2D eigenvalue weighted by Crippen LogP contribution is 2.29. The number of alkyl halides is 3. The molecule has 0 amide bonds. The van der Waals surface area contributed by atoms with Crippen molar-refractivity contribution in [2.75, 3.05) is 0 Å². The summed E-state index contributed by atoms with van der Waals surface area (Å²) in [7, 11) is 0. The molecule has 0 N–H and O–H groups in total. The van der Waals surface area contributed by atoms with Crippen LogP contribution in [0.4, 0.5) is 13.2 Å². The van der Waals surface area contributed by atoms with Gasteiger partial charge in [0.05, 0.1) is 11.1 Å². The number of halogens is 3. The second-order valence-corrected chi connectivity index (χ2v) is 5.61. The van der Waals surface area contributed by atoms with Crippen LogP contribution in [0.25, 0.3) is 0 Å². The molecule has 0 fully saturated rings. The van der Waals surface area contributed by atoms with Gasteiger partial charge in [-0.05, 0) is 23.8 Å². The molecule has 134 valence electrons. The molecule has 0 bridgehead atoms. The van der Waals surface area contributed by atoms with Gasteiger partial charge in [0.15, 0.2) is 0 Å². The molecule has 2 aromatic carbocycles. The molecule has 0 aliphatic rings. The summed E-state index contributed by atoms with van der Waals surface area (Å²) in [4.78, 5) is 16.2. The Morgan fingerprint density at radius 3 is 2.58 bits per heavy atom. The summed E-state index contributed by atoms with van der Waals surface area (Å²) in [6.07, 6.45) is -1.18. The normalized spacial score (nSPS) is 11.3. The van der Waals surface area contributed by atoms with E-state index in [0.717, 1.165) is 17.7 Å². The van der Waals surface area contributed by atoms with Crippen LogP contribution in [0.2, 0.25) is 0 Å². The predicted molar refractivity (Wildman–Crippen MR) is 88.3 cm³/mol. The lowest BCUT2D eigenvalue weighted by Gasteiger charge is -2.10. The maximum absolute atomic E-state index is 12.7. The molecular weight excluding hydrogens is 345 g/mol. The number of imidazole rings is 1. The first-order valence-electron chi connectivity index (χ1n) is 7.82. The molecule has 7 heteroatoms. The van der Waals surface area contributed by atoms with Crippen molar-refractivity contribution < 1.29 is 22.7 Å². The molecule has 0 unspecified atom stereocenters. The van der Waals surface area contributed by atoms with Crippen LogP contribution in [0, 0.1) is 0 Å². The predicted octanol–water partition coefficient (Wildman–Crippen LogP) is 4.31. The summed E-state index contributed by atoms with van der Waals surface area (Å²) in [5.41, 5.74) is 0.00877. The number of rotatable bonds is 5. The van der Waals surface area contributed by atoms with Gasteiger partial charge in [0.25, 0.3) is 0 Å². The first kappa shape index (κ1) is 17.7. The molecule has 0 radical (unpaired) electrons. The van der Waals surface area contributed by atoms with Crippen LogP contribution in [0.3, 0.4) is 0 Å². The SMILES string of the molecule is O=C(OCc1nccn1Cc1ccccc1)c1cccc(C(F)(F)F)c1. The minimum Gasteiger partial charge on any atom is -0.454 e. The first-order valence-corrected chi connectivity index (χ1v) is 7.82. The van der Waals surface area contributed by atoms with Gasteiger partial charge >= 0.3 is 12.1 Å². The lowest BCUT2D eigenvalue weighted by atomic mass is 10.1. The van der Waals surface area contributed by atoms with E-state index in [2.05, 4.69) is 4.98 Å². The van der Waals surface area contributed by atoms with Crippen molar-refractivity contribution in [1.29, 1.82) is 0 Å². The summed E-state index contributed by atoms with van der Waals surface area (Å²) < 4.78 is 45.1. The lowest BCUT2D eigenvalue weighted by molar-refractivity contribution is -0.137. The van der Waals surface area contributed by atoms with Crippen LogP contribution >= 0.6 is 0 Å². The molecule has 3 rings (SSSR count). The zero-order valence-electron chi connectivity index (χ0n) is 13.6. The average Bonchev–Trinajstić information content (AvgIpc) is 3.07. The van der Waals surface area contributed by atoms with Gasteiger partial charge in [0.2, 0.25) is 0 Å². The van der Waals surface area contributed by atoms with Crippen molar-refractivity contribution in [1.82, 2.24) is 9.55 Å². The van der Waals surface area contributed by atoms with Crippen molar-refractivity contribution >= 4 is 5.97 Å². The monoisotopic (exact) mass is 360 g/mol. The molecular formula is C19H15F3N2O2. The highest BCUT2D eigenvalue weighted by atomic mass is 19.4. The van der Waals surface area contributed by atoms with E-state index in [9.17, 15) is 18.0 Å². The number of carbonyl (C=O) groups is 1. The minimum atomic E-state index is -4.51. The van der Waals surface area contributed by atoms with Gasteiger partial charge in [0, 0.05) is 18.9 Å². The maximum atomic E-state index is 12.7. The lowest BCUT2D eigenvalue weighted by Crippen LogP contribution is -2.12. The van der Waals surface area contributed by atoms with Crippen molar-refractivity contribution in [3.8, 4) is 0 Å². The highest BCUT2D eigenvalue weighted by molar-refractivity contribution is 5.89. The zero-order valence-corrected chi connectivity index (χ0v) is 13.6. The Balaban J connectivity index is 1.67. The Labute approximate surface area is 147 Å². The quantitative estimate of drug-likeness (QED) is 0.637. The van der Waals surface area contributed by atoms with E-state index >= 15 is 0 Å². The van der Waals surface area contributed by atoms with Crippen LogP contribution in [0.5, 0.6) is 0 Å². The van der Waals surface area contributed by atoms with E-state index < -0.39 is 17.7 Å². The minimum absolute atomic E-state index is 0.130. The Hall–Kier alpha value is -3.09. The fraction of sp³-hybridized carbons (Fsp3) is 0.158. The number of aromatic nitrogens is 2. The number of hydrogen-bond acceptors (Lipinski definition) is 3. The van der Waals surface area contributed by atoms with Crippen LogP contribution in [-0.2, 0) is 24.1 Å². The molecule has 0 spiro atoms. The zero-order chi connectivity index (χ0) is 18.6. The Bertz CT molecular complexity index is 889. The standard InChI is InChI=1S/C19H15F3N2O2/c20-19(21,22)16-8-4-7-15(11-16)18(25)26-13-17-23-9-10-24(17)12-14-5-2-1-3-6-14/h1-11H,12-13H2. The van der Waals surface area contributed by atoms with Crippen LogP contribution in [-0.4, -0.2) is 15.5 Å². The van der Waals surface area contributed by atoms with Gasteiger partial charge in [-0.25, -0.2) is 9.78 Å². The number of hydrogen-bond donors (Lipinski definition) is 0. The number of esters is 1. The van der Waals surface area contributed by atoms with Crippen LogP contribution in [0.1, 0.15) is 27.3 Å². The summed E-state index contributed by atoms with van der Waals surface area (Å²) in [5.74, 6) is -0.320. The topological polar surface area (TPSA) is 44.1 Å². The van der Waals surface area contributed by atoms with Crippen molar-refractivity contribution in [3.05, 3.63) is 89.5 Å². The van der Waals surface area contributed by atoms with E-state index in [-0.39, 0.29) is 12.2 Å². The molecule has 3 aromatic rings. The second kappa shape index (κ2) is 7.43. The highest BCUT2D eigenvalue weighted by Gasteiger charge is 2.31. The number of benzene rings is 2. The van der Waals surface area contributed by atoms with Gasteiger partial charge in [-0.15, -0.1) is 0 Å². The molecule has 0 saturated heterocycles. The van der Waals surface area contributed by atoms with Gasteiger partial charge < -0.3 is 9.30 Å². The van der Waals surface area contributed by atoms with Gasteiger partial charge in [-0.3, -0.25) is 0 Å². The van der Waals surface area contributed by atoms with Crippen LogP contribution < -0.4 is 0 Å². The molecule has 1 aromatic heterocycles. The van der Waals surface area contributed by atoms with E-state index in [4.69, 9.17) is 4.74 Å². The van der Waals surface area contributed by atoms with E-state index in [1.165, 1.54) is 12.1 Å². The molecule has 0 saturated carbocycles. The van der Waals surface area contributed by atoms with Gasteiger partial charge in [-0.1, -0.05) is 36.4 Å². The largest absolute Gasteiger partial charge is 0.454 e. The first-order chi connectivity index (χ1) is 12.4.